The fraction of sp³-hybridized carbons (Fsp3) is 0.229. The minimum atomic E-state index is -0.263. The van der Waals surface area contributed by atoms with Crippen LogP contribution < -0.4 is 10.1 Å². The van der Waals surface area contributed by atoms with E-state index < -0.39 is 0 Å². The number of aryl methyl sites for hydroxylation is 2. The number of thiophene rings is 1. The highest BCUT2D eigenvalue weighted by Crippen LogP contribution is 2.35. The number of thioether (sulfide) groups is 1. The minimum absolute atomic E-state index is 0.104. The van der Waals surface area contributed by atoms with E-state index in [0.717, 1.165) is 22.6 Å². The maximum Gasteiger partial charge on any atom is 0.258 e. The summed E-state index contributed by atoms with van der Waals surface area (Å²) in [4.78, 5) is 27.4. The molecule has 2 aromatic heterocycles. The number of hydrazone groups is 1. The second-order valence-corrected chi connectivity index (χ2v) is 12.7. The number of nitrogens with zero attached hydrogens (tertiary/aromatic N) is 5. The van der Waals surface area contributed by atoms with E-state index in [4.69, 9.17) is 9.84 Å². The van der Waals surface area contributed by atoms with Crippen LogP contribution in [0.3, 0.4) is 0 Å². The Bertz CT molecular complexity index is 1770. The van der Waals surface area contributed by atoms with Gasteiger partial charge in [0, 0.05) is 13.0 Å². The van der Waals surface area contributed by atoms with Gasteiger partial charge in [0.05, 0.1) is 28.9 Å². The number of benzene rings is 3. The van der Waals surface area contributed by atoms with Crippen LogP contribution in [0.2, 0.25) is 0 Å². The number of carbonyl (C=O) groups excluding carboxylic acids is 2. The van der Waals surface area contributed by atoms with E-state index in [0.29, 0.717) is 29.7 Å². The number of amides is 2. The van der Waals surface area contributed by atoms with E-state index in [2.05, 4.69) is 58.8 Å². The number of rotatable bonds is 13. The van der Waals surface area contributed by atoms with Gasteiger partial charge in [-0.2, -0.15) is 5.10 Å². The van der Waals surface area contributed by atoms with E-state index >= 15 is 0 Å². The van der Waals surface area contributed by atoms with Crippen LogP contribution in [0.4, 0.5) is 0 Å². The van der Waals surface area contributed by atoms with Crippen LogP contribution in [0.25, 0.3) is 0 Å². The second kappa shape index (κ2) is 15.0. The Labute approximate surface area is 276 Å². The molecule has 0 unspecified atom stereocenters. The molecule has 5 aromatic rings. The molecule has 1 N–H and O–H groups in total. The van der Waals surface area contributed by atoms with Crippen molar-refractivity contribution < 1.29 is 14.3 Å². The Balaban J connectivity index is 1.15. The summed E-state index contributed by atoms with van der Waals surface area (Å²) in [5.74, 6) is 1.01. The number of carbonyl (C=O) groups is 2. The molecule has 46 heavy (non-hydrogen) atoms. The van der Waals surface area contributed by atoms with Crippen LogP contribution in [-0.2, 0) is 29.1 Å². The van der Waals surface area contributed by atoms with Gasteiger partial charge >= 0.3 is 0 Å². The van der Waals surface area contributed by atoms with Crippen LogP contribution in [0.5, 0.6) is 5.75 Å². The molecule has 1 aliphatic rings. The summed E-state index contributed by atoms with van der Waals surface area (Å²) in [5, 5.41) is 20.8. The average Bonchev–Trinajstić information content (AvgIpc) is 3.86. The first-order chi connectivity index (χ1) is 22.5. The molecule has 0 bridgehead atoms. The van der Waals surface area contributed by atoms with Crippen molar-refractivity contribution in [3.05, 3.63) is 130 Å². The number of hydrogen-bond acceptors (Lipinski definition) is 8. The monoisotopic (exact) mass is 650 g/mol. The molecule has 0 spiro atoms. The zero-order valence-corrected chi connectivity index (χ0v) is 27.0. The minimum Gasteiger partial charge on any atom is -0.484 e. The summed E-state index contributed by atoms with van der Waals surface area (Å²) < 4.78 is 7.55. The average molecular weight is 651 g/mol. The topological polar surface area (TPSA) is 102 Å². The van der Waals surface area contributed by atoms with E-state index in [1.165, 1.54) is 22.9 Å². The number of nitrogens with one attached hydrogen (secondary N) is 1. The first-order valence-corrected chi connectivity index (χ1v) is 16.9. The van der Waals surface area contributed by atoms with Crippen LogP contribution in [0, 0.1) is 6.92 Å². The van der Waals surface area contributed by atoms with Gasteiger partial charge < -0.3 is 14.6 Å². The van der Waals surface area contributed by atoms with Gasteiger partial charge in [0.15, 0.2) is 17.6 Å². The summed E-state index contributed by atoms with van der Waals surface area (Å²) in [7, 11) is 0. The molecule has 234 valence electrons. The molecule has 0 fully saturated rings. The maximum atomic E-state index is 13.8. The summed E-state index contributed by atoms with van der Waals surface area (Å²) in [5.41, 5.74) is 4.31. The van der Waals surface area contributed by atoms with Gasteiger partial charge in [0.1, 0.15) is 5.75 Å². The molecule has 11 heteroatoms. The predicted molar refractivity (Wildman–Crippen MR) is 181 cm³/mol. The first kappa shape index (κ1) is 31.3. The fourth-order valence-corrected chi connectivity index (χ4v) is 6.69. The Morgan fingerprint density at radius 2 is 1.72 bits per heavy atom. The molecule has 6 rings (SSSR count). The molecule has 0 saturated heterocycles. The van der Waals surface area contributed by atoms with E-state index in [1.54, 1.807) is 28.5 Å². The molecule has 1 aliphatic heterocycles. The molecular weight excluding hydrogens is 617 g/mol. The molecular formula is C35H34N6O3S2. The number of para-hydroxylation sites is 1. The van der Waals surface area contributed by atoms with Crippen molar-refractivity contribution in [1.29, 1.82) is 0 Å². The quantitative estimate of drug-likeness (QED) is 0.156. The molecule has 0 radical (unpaired) electrons. The molecule has 3 heterocycles. The molecule has 0 aliphatic carbocycles. The maximum absolute atomic E-state index is 13.8. The molecule has 9 nitrogen and oxygen atoms in total. The van der Waals surface area contributed by atoms with Gasteiger partial charge in [0.2, 0.25) is 0 Å². The van der Waals surface area contributed by atoms with Crippen LogP contribution >= 0.6 is 23.1 Å². The van der Waals surface area contributed by atoms with Crippen LogP contribution in [0.1, 0.15) is 39.9 Å². The SMILES string of the molecule is Cc1ccc([C@H]2CC(c3cccs3)=NN2C(=O)CSc2nnc(CNC(=O)COc3ccccc3)n2CCc2ccccc2)cc1. The zero-order chi connectivity index (χ0) is 31.7. The first-order valence-electron chi connectivity index (χ1n) is 15.1. The van der Waals surface area contributed by atoms with Gasteiger partial charge in [-0.25, -0.2) is 5.01 Å². The molecule has 0 saturated carbocycles. The lowest BCUT2D eigenvalue weighted by Crippen LogP contribution is -2.30. The van der Waals surface area contributed by atoms with Crippen molar-refractivity contribution in [3.63, 3.8) is 0 Å². The Kier molecular flexibility index (Phi) is 10.2. The third-order valence-corrected chi connectivity index (χ3v) is 9.45. The van der Waals surface area contributed by atoms with Gasteiger partial charge in [-0.1, -0.05) is 96.2 Å². The zero-order valence-electron chi connectivity index (χ0n) is 25.4. The van der Waals surface area contributed by atoms with Crippen LogP contribution in [0.15, 0.2) is 113 Å². The Morgan fingerprint density at radius 1 is 0.957 bits per heavy atom. The van der Waals surface area contributed by atoms with Gasteiger partial charge in [0.25, 0.3) is 11.8 Å². The molecule has 3 aromatic carbocycles. The Hall–Kier alpha value is -4.74. The summed E-state index contributed by atoms with van der Waals surface area (Å²) in [6.07, 6.45) is 1.40. The van der Waals surface area contributed by atoms with Gasteiger partial charge in [-0.3, -0.25) is 9.59 Å². The summed E-state index contributed by atoms with van der Waals surface area (Å²) in [6.45, 7) is 2.72. The van der Waals surface area contributed by atoms with Crippen molar-refractivity contribution in [1.82, 2.24) is 25.1 Å². The lowest BCUT2D eigenvalue weighted by Gasteiger charge is -2.22. The second-order valence-electron chi connectivity index (χ2n) is 10.8. The van der Waals surface area contributed by atoms with Gasteiger partial charge in [-0.05, 0) is 48.1 Å². The van der Waals surface area contributed by atoms with Crippen molar-refractivity contribution in [3.8, 4) is 5.75 Å². The van der Waals surface area contributed by atoms with Gasteiger partial charge in [-0.15, -0.1) is 21.5 Å². The number of hydrogen-bond donors (Lipinski definition) is 1. The van der Waals surface area contributed by atoms with E-state index in [-0.39, 0.29) is 36.8 Å². The lowest BCUT2D eigenvalue weighted by atomic mass is 10.00. The normalized spacial score (nSPS) is 14.2. The van der Waals surface area contributed by atoms with Crippen molar-refractivity contribution in [2.24, 2.45) is 5.10 Å². The number of ether oxygens (including phenoxy) is 1. The highest BCUT2D eigenvalue weighted by Gasteiger charge is 2.33. The van der Waals surface area contributed by atoms with Crippen molar-refractivity contribution in [2.75, 3.05) is 12.4 Å². The Morgan fingerprint density at radius 3 is 2.46 bits per heavy atom. The molecule has 2 amide bonds. The fourth-order valence-electron chi connectivity index (χ4n) is 5.13. The predicted octanol–water partition coefficient (Wildman–Crippen LogP) is 6.06. The lowest BCUT2D eigenvalue weighted by molar-refractivity contribution is -0.130. The smallest absolute Gasteiger partial charge is 0.258 e. The standard InChI is InChI=1S/C35H34N6O3S2/c1-25-14-16-27(17-15-25)30-21-29(31-13-8-20-45-31)39-41(30)34(43)24-46-35-38-37-32(40(35)19-18-26-9-4-2-5-10-26)22-36-33(42)23-44-28-11-6-3-7-12-28/h2-17,20,30H,18-19,21-24H2,1H3,(H,36,42)/t30-/m1/s1. The van der Waals surface area contributed by atoms with Crippen molar-refractivity contribution in [2.45, 2.75) is 44.1 Å². The third-order valence-electron chi connectivity index (χ3n) is 7.58. The van der Waals surface area contributed by atoms with Crippen molar-refractivity contribution >= 4 is 40.6 Å². The van der Waals surface area contributed by atoms with E-state index in [9.17, 15) is 9.59 Å². The highest BCUT2D eigenvalue weighted by atomic mass is 32.2. The summed E-state index contributed by atoms with van der Waals surface area (Å²) >= 11 is 2.96. The summed E-state index contributed by atoms with van der Waals surface area (Å²) in [6, 6.07) is 31.5. The highest BCUT2D eigenvalue weighted by molar-refractivity contribution is 7.99. The number of aromatic nitrogens is 3. The third kappa shape index (κ3) is 7.91. The largest absolute Gasteiger partial charge is 0.484 e. The van der Waals surface area contributed by atoms with E-state index in [1.807, 2.05) is 58.5 Å². The molecule has 1 atom stereocenters. The van der Waals surface area contributed by atoms with Crippen LogP contribution in [-0.4, -0.2) is 49.7 Å².